The molecule has 1 aromatic carbocycles. The molecule has 1 saturated heterocycles. The molecule has 5 atom stereocenters. The predicted molar refractivity (Wildman–Crippen MR) is 122 cm³/mol. The molecule has 0 aromatic heterocycles. The Bertz CT molecular complexity index is 863. The number of nitrogens with one attached hydrogen (secondary N) is 1. The Labute approximate surface area is 205 Å². The van der Waals surface area contributed by atoms with Gasteiger partial charge in [-0.15, -0.1) is 6.58 Å². The number of carbonyl (C=O) groups is 1. The first-order chi connectivity index (χ1) is 15.7. The van der Waals surface area contributed by atoms with Crippen molar-refractivity contribution in [1.29, 1.82) is 5.41 Å². The van der Waals surface area contributed by atoms with Gasteiger partial charge in [0.1, 0.15) is 31.0 Å². The fourth-order valence-electron chi connectivity index (χ4n) is 3.03. The van der Waals surface area contributed by atoms with Gasteiger partial charge in [0.15, 0.2) is 0 Å². The molecule has 33 heavy (non-hydrogen) atoms. The molecule has 10 nitrogen and oxygen atoms in total. The summed E-state index contributed by atoms with van der Waals surface area (Å²) in [5, 5.41) is 11.6. The number of alkyl halides is 3. The Hall–Kier alpha value is -2.04. The zero-order chi connectivity index (χ0) is 24.4. The molecule has 1 N–H and O–H groups in total. The van der Waals surface area contributed by atoms with Gasteiger partial charge in [-0.2, -0.15) is 0 Å². The van der Waals surface area contributed by atoms with Crippen molar-refractivity contribution in [2.45, 2.75) is 48.0 Å². The Morgan fingerprint density at radius 1 is 1.30 bits per heavy atom. The molecule has 0 amide bonds. The largest absolute Gasteiger partial charge is 0.463 e. The summed E-state index contributed by atoms with van der Waals surface area (Å²) in [5.41, 5.74) is 10.0. The van der Waals surface area contributed by atoms with Crippen molar-refractivity contribution in [3.63, 3.8) is 0 Å². The van der Waals surface area contributed by atoms with Crippen LogP contribution in [0.2, 0.25) is 0 Å². The molecule has 180 valence electrons. The van der Waals surface area contributed by atoms with E-state index in [1.165, 1.54) is 13.0 Å². The summed E-state index contributed by atoms with van der Waals surface area (Å²) in [5.74, 6) is -1.30. The molecular weight excluding hydrogens is 499 g/mol. The first-order valence-electron chi connectivity index (χ1n) is 9.70. The lowest BCUT2D eigenvalue weighted by Crippen LogP contribution is -2.61. The molecule has 0 spiro atoms. The maximum Gasteiger partial charge on any atom is 0.302 e. The van der Waals surface area contributed by atoms with Crippen LogP contribution in [-0.4, -0.2) is 59.5 Å². The van der Waals surface area contributed by atoms with Crippen LogP contribution in [0.25, 0.3) is 10.4 Å². The fourth-order valence-corrected chi connectivity index (χ4v) is 3.16. The molecule has 2 rings (SSSR count). The highest BCUT2D eigenvalue weighted by Crippen LogP contribution is 2.34. The number of nitrogens with zero attached hydrogens (tertiary/aromatic N) is 3. The summed E-state index contributed by atoms with van der Waals surface area (Å²) < 4.78 is 26.1. The van der Waals surface area contributed by atoms with Crippen molar-refractivity contribution < 1.29 is 28.5 Å². The van der Waals surface area contributed by atoms with Crippen LogP contribution in [0, 0.1) is 5.41 Å². The third-order valence-electron chi connectivity index (χ3n) is 4.43. The van der Waals surface area contributed by atoms with Crippen molar-refractivity contribution >= 4 is 46.7 Å². The molecular formula is C20H23Cl3N4O6. The third-order valence-corrected chi connectivity index (χ3v) is 4.95. The third kappa shape index (κ3) is 8.35. The highest BCUT2D eigenvalue weighted by molar-refractivity contribution is 6.76. The zero-order valence-corrected chi connectivity index (χ0v) is 19.9. The molecule has 0 radical (unpaired) electrons. The number of hydrogen-bond acceptors (Lipinski definition) is 8. The van der Waals surface area contributed by atoms with Gasteiger partial charge in [-0.1, -0.05) is 76.3 Å². The second-order valence-corrected chi connectivity index (χ2v) is 9.11. The average molecular weight is 522 g/mol. The van der Waals surface area contributed by atoms with E-state index in [2.05, 4.69) is 16.6 Å². The Kier molecular flexibility index (Phi) is 10.7. The Morgan fingerprint density at radius 2 is 2.00 bits per heavy atom. The summed E-state index contributed by atoms with van der Waals surface area (Å²) >= 11 is 17.2. The molecule has 1 aliphatic rings. The lowest BCUT2D eigenvalue weighted by atomic mass is 9.96. The van der Waals surface area contributed by atoms with Crippen LogP contribution in [0.1, 0.15) is 12.5 Å². The van der Waals surface area contributed by atoms with Crippen LogP contribution in [0.5, 0.6) is 0 Å². The van der Waals surface area contributed by atoms with E-state index in [0.29, 0.717) is 0 Å². The number of hydrogen-bond donors (Lipinski definition) is 1. The van der Waals surface area contributed by atoms with E-state index >= 15 is 0 Å². The minimum atomic E-state index is -2.19. The number of carbonyl (C=O) groups excluding carboxylic acids is 1. The highest BCUT2D eigenvalue weighted by Gasteiger charge is 2.50. The predicted octanol–water partition coefficient (Wildman–Crippen LogP) is 4.47. The number of halogens is 3. The normalized spacial score (nSPS) is 24.9. The van der Waals surface area contributed by atoms with E-state index in [9.17, 15) is 10.3 Å². The minimum Gasteiger partial charge on any atom is -0.463 e. The van der Waals surface area contributed by atoms with Crippen LogP contribution in [-0.2, 0) is 35.1 Å². The first-order valence-corrected chi connectivity index (χ1v) is 10.8. The maximum absolute atomic E-state index is 11.4. The molecule has 1 heterocycles. The second kappa shape index (κ2) is 13.0. The van der Waals surface area contributed by atoms with E-state index in [1.807, 2.05) is 30.3 Å². The summed E-state index contributed by atoms with van der Waals surface area (Å²) in [6, 6.07) is 8.11. The van der Waals surface area contributed by atoms with Crippen LogP contribution in [0.15, 0.2) is 48.1 Å². The van der Waals surface area contributed by atoms with Gasteiger partial charge in [0, 0.05) is 11.8 Å². The first kappa shape index (κ1) is 27.2. The van der Waals surface area contributed by atoms with Crippen molar-refractivity contribution in [2.75, 3.05) is 13.2 Å². The van der Waals surface area contributed by atoms with Gasteiger partial charge in [0.05, 0.1) is 13.2 Å². The van der Waals surface area contributed by atoms with Crippen molar-refractivity contribution in [3.8, 4) is 0 Å². The average Bonchev–Trinajstić information content (AvgIpc) is 2.76. The van der Waals surface area contributed by atoms with E-state index in [4.69, 9.17) is 63.9 Å². The van der Waals surface area contributed by atoms with E-state index < -0.39 is 46.3 Å². The zero-order valence-electron chi connectivity index (χ0n) is 17.6. The summed E-state index contributed by atoms with van der Waals surface area (Å²) in [7, 11) is 0. The van der Waals surface area contributed by atoms with Crippen LogP contribution in [0.4, 0.5) is 0 Å². The number of rotatable bonds is 10. The standard InChI is InChI=1S/C20H23Cl3N4O6/c1-3-9-29-16-14(11-30-12(2)28)32-18(33-19(24)20(21,22)23)15(26-27-25)17(16)31-10-13-7-5-4-6-8-13/h3-8,14-18,24H,1,9-11H2,2H3/t14-,15-,16-,17-,18?/m1/s1. The van der Waals surface area contributed by atoms with Gasteiger partial charge >= 0.3 is 5.97 Å². The lowest BCUT2D eigenvalue weighted by molar-refractivity contribution is -0.263. The number of azide groups is 1. The van der Waals surface area contributed by atoms with Crippen molar-refractivity contribution in [1.82, 2.24) is 0 Å². The Morgan fingerprint density at radius 3 is 2.58 bits per heavy atom. The summed E-state index contributed by atoms with van der Waals surface area (Å²) in [6.07, 6.45) is -2.60. The maximum atomic E-state index is 11.4. The summed E-state index contributed by atoms with van der Waals surface area (Å²) in [6.45, 7) is 4.87. The number of esters is 1. The lowest BCUT2D eigenvalue weighted by Gasteiger charge is -2.44. The van der Waals surface area contributed by atoms with E-state index in [0.717, 1.165) is 5.56 Å². The molecule has 1 aliphatic heterocycles. The number of benzene rings is 1. The SMILES string of the molecule is C=CCO[C@H]1[C@H](OCc2ccccc2)[C@@H](N=[N+]=[N-])C(OC(=N)C(Cl)(Cl)Cl)O[C@@H]1COC(C)=O. The monoisotopic (exact) mass is 520 g/mol. The van der Waals surface area contributed by atoms with E-state index in [1.54, 1.807) is 0 Å². The molecule has 1 fully saturated rings. The van der Waals surface area contributed by atoms with E-state index in [-0.39, 0.29) is 19.8 Å². The second-order valence-electron chi connectivity index (χ2n) is 6.83. The van der Waals surface area contributed by atoms with Gasteiger partial charge in [0.25, 0.3) is 3.79 Å². The molecule has 0 aliphatic carbocycles. The van der Waals surface area contributed by atoms with Crippen LogP contribution in [0.3, 0.4) is 0 Å². The molecule has 0 bridgehead atoms. The van der Waals surface area contributed by atoms with Gasteiger partial charge in [-0.05, 0) is 11.1 Å². The fraction of sp³-hybridized carbons (Fsp3) is 0.500. The smallest absolute Gasteiger partial charge is 0.302 e. The van der Waals surface area contributed by atoms with Crippen molar-refractivity contribution in [2.24, 2.45) is 5.11 Å². The van der Waals surface area contributed by atoms with Gasteiger partial charge in [-0.25, -0.2) is 0 Å². The van der Waals surface area contributed by atoms with Gasteiger partial charge < -0.3 is 23.7 Å². The van der Waals surface area contributed by atoms with Gasteiger partial charge in [-0.3, -0.25) is 10.2 Å². The highest BCUT2D eigenvalue weighted by atomic mass is 35.6. The van der Waals surface area contributed by atoms with Gasteiger partial charge in [0.2, 0.25) is 12.2 Å². The Balaban J connectivity index is 2.40. The minimum absolute atomic E-state index is 0.105. The summed E-state index contributed by atoms with van der Waals surface area (Å²) in [4.78, 5) is 14.3. The van der Waals surface area contributed by atoms with Crippen molar-refractivity contribution in [3.05, 3.63) is 59.0 Å². The topological polar surface area (TPSA) is 136 Å². The molecule has 1 aromatic rings. The molecule has 1 unspecified atom stereocenters. The van der Waals surface area contributed by atoms with Crippen LogP contribution < -0.4 is 0 Å². The molecule has 13 heteroatoms. The molecule has 0 saturated carbocycles. The van der Waals surface area contributed by atoms with Crippen LogP contribution >= 0.6 is 34.8 Å². The number of ether oxygens (including phenoxy) is 5. The quantitative estimate of drug-likeness (QED) is 0.0705.